The highest BCUT2D eigenvalue weighted by molar-refractivity contribution is 5.95. The molecule has 1 aromatic rings. The van der Waals surface area contributed by atoms with Gasteiger partial charge in [0.15, 0.2) is 0 Å². The maximum atomic E-state index is 13.7. The van der Waals surface area contributed by atoms with Crippen LogP contribution in [0.15, 0.2) is 18.2 Å². The van der Waals surface area contributed by atoms with Crippen LogP contribution in [0.1, 0.15) is 41.6 Å². The Kier molecular flexibility index (Phi) is 4.53. The van der Waals surface area contributed by atoms with Gasteiger partial charge in [-0.3, -0.25) is 4.79 Å². The summed E-state index contributed by atoms with van der Waals surface area (Å²) in [6.45, 7) is 0.237. The molecule has 4 heteroatoms. The van der Waals surface area contributed by atoms with E-state index in [1.807, 2.05) is 0 Å². The molecule has 3 N–H and O–H groups in total. The first kappa shape index (κ1) is 13.6. The van der Waals surface area contributed by atoms with Crippen LogP contribution in [-0.4, -0.2) is 18.5 Å². The SMILES string of the molecule is NCC#Cc1ccc(F)c(C(=O)NC2CCCC2)c1. The largest absolute Gasteiger partial charge is 0.349 e. The maximum Gasteiger partial charge on any atom is 0.254 e. The molecule has 3 nitrogen and oxygen atoms in total. The van der Waals surface area contributed by atoms with Gasteiger partial charge < -0.3 is 11.1 Å². The van der Waals surface area contributed by atoms with Crippen LogP contribution < -0.4 is 11.1 Å². The van der Waals surface area contributed by atoms with Crippen LogP contribution >= 0.6 is 0 Å². The van der Waals surface area contributed by atoms with Gasteiger partial charge in [-0.2, -0.15) is 0 Å². The minimum Gasteiger partial charge on any atom is -0.349 e. The number of carbonyl (C=O) groups excluding carboxylic acids is 1. The highest BCUT2D eigenvalue weighted by Crippen LogP contribution is 2.19. The second kappa shape index (κ2) is 6.35. The molecule has 1 aliphatic rings. The third kappa shape index (κ3) is 3.55. The summed E-state index contributed by atoms with van der Waals surface area (Å²) < 4.78 is 13.7. The van der Waals surface area contributed by atoms with Crippen LogP contribution in [0.25, 0.3) is 0 Å². The van der Waals surface area contributed by atoms with E-state index < -0.39 is 5.82 Å². The van der Waals surface area contributed by atoms with Crippen molar-refractivity contribution in [3.8, 4) is 11.8 Å². The molecule has 0 bridgehead atoms. The fourth-order valence-corrected chi connectivity index (χ4v) is 2.26. The van der Waals surface area contributed by atoms with E-state index in [9.17, 15) is 9.18 Å². The number of hydrogen-bond donors (Lipinski definition) is 2. The Morgan fingerprint density at radius 1 is 1.42 bits per heavy atom. The fourth-order valence-electron chi connectivity index (χ4n) is 2.26. The number of amides is 1. The van der Waals surface area contributed by atoms with Gasteiger partial charge in [-0.25, -0.2) is 4.39 Å². The number of nitrogens with two attached hydrogens (primary N) is 1. The Bertz CT molecular complexity index is 525. The number of hydrogen-bond acceptors (Lipinski definition) is 2. The first-order valence-corrected chi connectivity index (χ1v) is 6.50. The van der Waals surface area contributed by atoms with Crippen LogP contribution in [0, 0.1) is 17.7 Å². The third-order valence-corrected chi connectivity index (χ3v) is 3.24. The molecule has 19 heavy (non-hydrogen) atoms. The van der Waals surface area contributed by atoms with Gasteiger partial charge in [-0.15, -0.1) is 0 Å². The topological polar surface area (TPSA) is 55.1 Å². The molecule has 0 aromatic heterocycles. The zero-order chi connectivity index (χ0) is 13.7. The molecule has 1 saturated carbocycles. The van der Waals surface area contributed by atoms with Crippen LogP contribution in [0.5, 0.6) is 0 Å². The van der Waals surface area contributed by atoms with Crippen molar-refractivity contribution in [2.24, 2.45) is 5.73 Å². The van der Waals surface area contributed by atoms with Crippen molar-refractivity contribution in [3.63, 3.8) is 0 Å². The van der Waals surface area contributed by atoms with Crippen molar-refractivity contribution in [1.82, 2.24) is 5.32 Å². The first-order chi connectivity index (χ1) is 9.20. The highest BCUT2D eigenvalue weighted by Gasteiger charge is 2.19. The average molecular weight is 260 g/mol. The van der Waals surface area contributed by atoms with Gasteiger partial charge >= 0.3 is 0 Å². The predicted molar refractivity (Wildman–Crippen MR) is 72.1 cm³/mol. The van der Waals surface area contributed by atoms with Crippen LogP contribution in [-0.2, 0) is 0 Å². The van der Waals surface area contributed by atoms with Gasteiger partial charge in [0, 0.05) is 11.6 Å². The van der Waals surface area contributed by atoms with E-state index in [0.717, 1.165) is 25.7 Å². The van der Waals surface area contributed by atoms with E-state index in [4.69, 9.17) is 5.73 Å². The van der Waals surface area contributed by atoms with Gasteiger partial charge in [-0.05, 0) is 31.0 Å². The lowest BCUT2D eigenvalue weighted by Gasteiger charge is -2.12. The van der Waals surface area contributed by atoms with Gasteiger partial charge in [0.1, 0.15) is 5.82 Å². The normalized spacial score (nSPS) is 14.8. The monoisotopic (exact) mass is 260 g/mol. The summed E-state index contributed by atoms with van der Waals surface area (Å²) in [6, 6.07) is 4.46. The fraction of sp³-hybridized carbons (Fsp3) is 0.400. The summed E-state index contributed by atoms with van der Waals surface area (Å²) in [5.41, 5.74) is 5.94. The molecule has 2 rings (SSSR count). The minimum atomic E-state index is -0.520. The first-order valence-electron chi connectivity index (χ1n) is 6.50. The van der Waals surface area contributed by atoms with E-state index in [1.54, 1.807) is 6.07 Å². The molecule has 0 heterocycles. The molecule has 1 aromatic carbocycles. The highest BCUT2D eigenvalue weighted by atomic mass is 19.1. The van der Waals surface area contributed by atoms with Gasteiger partial charge in [0.25, 0.3) is 5.91 Å². The molecule has 100 valence electrons. The molecule has 0 spiro atoms. The Morgan fingerprint density at radius 3 is 2.84 bits per heavy atom. The van der Waals surface area contributed by atoms with Crippen LogP contribution in [0.3, 0.4) is 0 Å². The van der Waals surface area contributed by atoms with Crippen molar-refractivity contribution < 1.29 is 9.18 Å². The zero-order valence-electron chi connectivity index (χ0n) is 10.7. The quantitative estimate of drug-likeness (QED) is 0.797. The number of benzene rings is 1. The molecule has 0 radical (unpaired) electrons. The lowest BCUT2D eigenvalue weighted by molar-refractivity contribution is 0.0934. The maximum absolute atomic E-state index is 13.7. The summed E-state index contributed by atoms with van der Waals surface area (Å²) in [5.74, 6) is 4.61. The summed E-state index contributed by atoms with van der Waals surface area (Å²) in [6.07, 6.45) is 4.19. The zero-order valence-corrected chi connectivity index (χ0v) is 10.7. The smallest absolute Gasteiger partial charge is 0.254 e. The number of rotatable bonds is 2. The number of halogens is 1. The standard InChI is InChI=1S/C15H17FN2O/c16-14-8-7-11(4-3-9-17)10-13(14)15(19)18-12-5-1-2-6-12/h7-8,10,12H,1-2,5-6,9,17H2,(H,18,19). The van der Waals surface area contributed by atoms with Gasteiger partial charge in [-0.1, -0.05) is 24.7 Å². The summed E-state index contributed by atoms with van der Waals surface area (Å²) in [7, 11) is 0. The summed E-state index contributed by atoms with van der Waals surface area (Å²) in [4.78, 5) is 12.0. The van der Waals surface area contributed by atoms with Gasteiger partial charge in [0.2, 0.25) is 0 Å². The number of carbonyl (C=O) groups is 1. The minimum absolute atomic E-state index is 0.0516. The van der Waals surface area contributed by atoms with Crippen molar-refractivity contribution in [2.45, 2.75) is 31.7 Å². The van der Waals surface area contributed by atoms with Crippen molar-refractivity contribution >= 4 is 5.91 Å². The lowest BCUT2D eigenvalue weighted by atomic mass is 10.1. The third-order valence-electron chi connectivity index (χ3n) is 3.24. The van der Waals surface area contributed by atoms with E-state index in [2.05, 4.69) is 17.2 Å². The molecule has 1 aliphatic carbocycles. The molecule has 0 atom stereocenters. The lowest BCUT2D eigenvalue weighted by Crippen LogP contribution is -2.33. The molecular weight excluding hydrogens is 243 g/mol. The second-order valence-electron chi connectivity index (χ2n) is 4.66. The summed E-state index contributed by atoms with van der Waals surface area (Å²) in [5, 5.41) is 2.87. The van der Waals surface area contributed by atoms with E-state index in [1.165, 1.54) is 12.1 Å². The summed E-state index contributed by atoms with van der Waals surface area (Å²) >= 11 is 0. The predicted octanol–water partition coefficient (Wildman–Crippen LogP) is 1.81. The molecule has 0 aliphatic heterocycles. The Balaban J connectivity index is 2.15. The molecule has 0 unspecified atom stereocenters. The Hall–Kier alpha value is -1.86. The second-order valence-corrected chi connectivity index (χ2v) is 4.66. The molecule has 1 amide bonds. The van der Waals surface area contributed by atoms with Gasteiger partial charge in [0.05, 0.1) is 12.1 Å². The molecule has 1 fully saturated rings. The van der Waals surface area contributed by atoms with Crippen molar-refractivity contribution in [3.05, 3.63) is 35.1 Å². The van der Waals surface area contributed by atoms with Crippen LogP contribution in [0.4, 0.5) is 4.39 Å². The molecule has 0 saturated heterocycles. The van der Waals surface area contributed by atoms with E-state index in [-0.39, 0.29) is 24.1 Å². The van der Waals surface area contributed by atoms with Crippen LogP contribution in [0.2, 0.25) is 0 Å². The van der Waals surface area contributed by atoms with Crippen molar-refractivity contribution in [2.75, 3.05) is 6.54 Å². The Labute approximate surface area is 112 Å². The number of nitrogens with one attached hydrogen (secondary N) is 1. The molecular formula is C15H17FN2O. The van der Waals surface area contributed by atoms with E-state index in [0.29, 0.717) is 5.56 Å². The average Bonchev–Trinajstić information content (AvgIpc) is 2.90. The Morgan fingerprint density at radius 2 is 2.16 bits per heavy atom. The van der Waals surface area contributed by atoms with E-state index >= 15 is 0 Å². The van der Waals surface area contributed by atoms with Crippen molar-refractivity contribution in [1.29, 1.82) is 0 Å².